The standard InChI is InChI=1S/C21H22N4O4S/c1-25(11-16-13-28-17-5-3-4-6-18(17)29-16)12-19-23-24-21(30-19)20(26)22-14-7-9-15(27-2)10-8-14/h3-10,16H,11-13H2,1-2H3,(H,22,26). The molecule has 1 unspecified atom stereocenters. The number of hydrogen-bond donors (Lipinski definition) is 1. The van der Waals surface area contributed by atoms with Gasteiger partial charge in [-0.05, 0) is 43.4 Å². The van der Waals surface area contributed by atoms with Crippen molar-refractivity contribution in [3.05, 3.63) is 58.5 Å². The first kappa shape index (κ1) is 20.1. The molecule has 0 saturated heterocycles. The first-order chi connectivity index (χ1) is 14.6. The van der Waals surface area contributed by atoms with Gasteiger partial charge >= 0.3 is 0 Å². The number of nitrogens with zero attached hydrogens (tertiary/aromatic N) is 3. The Morgan fingerprint density at radius 3 is 2.73 bits per heavy atom. The number of likely N-dealkylation sites (N-methyl/N-ethyl adjacent to an activating group) is 1. The van der Waals surface area contributed by atoms with Crippen LogP contribution in [0.1, 0.15) is 14.8 Å². The van der Waals surface area contributed by atoms with Gasteiger partial charge in [0.1, 0.15) is 23.5 Å². The number of anilines is 1. The maximum atomic E-state index is 12.4. The zero-order chi connectivity index (χ0) is 20.9. The van der Waals surface area contributed by atoms with E-state index in [0.29, 0.717) is 30.4 Å². The molecule has 2 aromatic carbocycles. The Morgan fingerprint density at radius 1 is 1.20 bits per heavy atom. The van der Waals surface area contributed by atoms with Crippen molar-refractivity contribution < 1.29 is 19.0 Å². The Kier molecular flexibility index (Phi) is 6.10. The Labute approximate surface area is 178 Å². The lowest BCUT2D eigenvalue weighted by molar-refractivity contribution is 0.0637. The molecule has 8 nitrogen and oxygen atoms in total. The number of methoxy groups -OCH3 is 1. The molecule has 0 spiro atoms. The molecule has 0 radical (unpaired) electrons. The van der Waals surface area contributed by atoms with Crippen molar-refractivity contribution in [3.63, 3.8) is 0 Å². The molecule has 0 saturated carbocycles. The second-order valence-corrected chi connectivity index (χ2v) is 7.94. The average molecular weight is 426 g/mol. The lowest BCUT2D eigenvalue weighted by Crippen LogP contribution is -2.39. The van der Waals surface area contributed by atoms with Gasteiger partial charge in [0.15, 0.2) is 11.5 Å². The highest BCUT2D eigenvalue weighted by Crippen LogP contribution is 2.31. The molecule has 0 bridgehead atoms. The summed E-state index contributed by atoms with van der Waals surface area (Å²) < 4.78 is 16.9. The third-order valence-corrected chi connectivity index (χ3v) is 5.40. The molecule has 1 aliphatic heterocycles. The topological polar surface area (TPSA) is 85.8 Å². The molecule has 1 aliphatic rings. The fourth-order valence-electron chi connectivity index (χ4n) is 3.06. The lowest BCUT2D eigenvalue weighted by Gasteiger charge is -2.29. The van der Waals surface area contributed by atoms with Crippen molar-refractivity contribution in [2.24, 2.45) is 0 Å². The van der Waals surface area contributed by atoms with Gasteiger partial charge in [0.2, 0.25) is 5.01 Å². The predicted molar refractivity (Wildman–Crippen MR) is 114 cm³/mol. The fraction of sp³-hybridized carbons (Fsp3) is 0.286. The normalized spacial score (nSPS) is 15.1. The molecule has 4 rings (SSSR count). The van der Waals surface area contributed by atoms with Crippen LogP contribution in [0.15, 0.2) is 48.5 Å². The number of rotatable bonds is 7. The molecular weight excluding hydrogens is 404 g/mol. The summed E-state index contributed by atoms with van der Waals surface area (Å²) in [5.41, 5.74) is 0.671. The first-order valence-electron chi connectivity index (χ1n) is 9.45. The summed E-state index contributed by atoms with van der Waals surface area (Å²) in [6, 6.07) is 14.8. The highest BCUT2D eigenvalue weighted by atomic mass is 32.1. The van der Waals surface area contributed by atoms with E-state index >= 15 is 0 Å². The number of nitrogens with one attached hydrogen (secondary N) is 1. The summed E-state index contributed by atoms with van der Waals surface area (Å²) in [4.78, 5) is 14.5. The van der Waals surface area contributed by atoms with E-state index in [1.54, 1.807) is 31.4 Å². The molecule has 9 heteroatoms. The predicted octanol–water partition coefficient (Wildman–Crippen LogP) is 3.07. The highest BCUT2D eigenvalue weighted by Gasteiger charge is 2.22. The molecule has 1 aromatic heterocycles. The number of amides is 1. The van der Waals surface area contributed by atoms with Gasteiger partial charge < -0.3 is 19.5 Å². The SMILES string of the molecule is COc1ccc(NC(=O)c2nnc(CN(C)CC3COc4ccccc4O3)s2)cc1. The van der Waals surface area contributed by atoms with Crippen molar-refractivity contribution in [2.45, 2.75) is 12.6 Å². The van der Waals surface area contributed by atoms with Gasteiger partial charge in [-0.15, -0.1) is 10.2 Å². The van der Waals surface area contributed by atoms with Crippen LogP contribution in [-0.2, 0) is 6.54 Å². The number of aromatic nitrogens is 2. The van der Waals surface area contributed by atoms with Crippen LogP contribution in [0.3, 0.4) is 0 Å². The lowest BCUT2D eigenvalue weighted by atomic mass is 10.2. The summed E-state index contributed by atoms with van der Waals surface area (Å²) in [6.45, 7) is 1.73. The summed E-state index contributed by atoms with van der Waals surface area (Å²) in [6.07, 6.45) is -0.0735. The Hall–Kier alpha value is -3.17. The third-order valence-electron chi connectivity index (χ3n) is 4.50. The van der Waals surface area contributed by atoms with Crippen LogP contribution in [0.2, 0.25) is 0 Å². The number of hydrogen-bond acceptors (Lipinski definition) is 8. The van der Waals surface area contributed by atoms with E-state index in [2.05, 4.69) is 20.4 Å². The van der Waals surface area contributed by atoms with Gasteiger partial charge in [-0.2, -0.15) is 0 Å². The molecule has 0 aliphatic carbocycles. The summed E-state index contributed by atoms with van der Waals surface area (Å²) in [5, 5.41) is 12.1. The van der Waals surface area contributed by atoms with Gasteiger partial charge in [0, 0.05) is 12.2 Å². The Morgan fingerprint density at radius 2 is 1.97 bits per heavy atom. The van der Waals surface area contributed by atoms with E-state index in [1.807, 2.05) is 31.3 Å². The molecule has 1 amide bonds. The van der Waals surface area contributed by atoms with Crippen molar-refractivity contribution >= 4 is 22.9 Å². The number of para-hydroxylation sites is 2. The van der Waals surface area contributed by atoms with E-state index in [0.717, 1.165) is 22.3 Å². The minimum Gasteiger partial charge on any atom is -0.497 e. The van der Waals surface area contributed by atoms with Crippen molar-refractivity contribution in [2.75, 3.05) is 32.6 Å². The smallest absolute Gasteiger partial charge is 0.286 e. The van der Waals surface area contributed by atoms with Gasteiger partial charge in [-0.1, -0.05) is 23.5 Å². The van der Waals surface area contributed by atoms with Gasteiger partial charge in [0.05, 0.1) is 13.7 Å². The van der Waals surface area contributed by atoms with Crippen LogP contribution in [0.5, 0.6) is 17.2 Å². The van der Waals surface area contributed by atoms with Gasteiger partial charge in [0.25, 0.3) is 5.91 Å². The maximum Gasteiger partial charge on any atom is 0.286 e. The number of carbonyl (C=O) groups excluding carboxylic acids is 1. The molecule has 1 N–H and O–H groups in total. The van der Waals surface area contributed by atoms with E-state index in [4.69, 9.17) is 14.2 Å². The number of ether oxygens (including phenoxy) is 3. The molecule has 156 valence electrons. The van der Waals surface area contributed by atoms with Crippen LogP contribution >= 0.6 is 11.3 Å². The van der Waals surface area contributed by atoms with E-state index < -0.39 is 0 Å². The summed E-state index contributed by atoms with van der Waals surface area (Å²) >= 11 is 1.27. The van der Waals surface area contributed by atoms with E-state index in [1.165, 1.54) is 11.3 Å². The number of fused-ring (bicyclic) bond motifs is 1. The van der Waals surface area contributed by atoms with E-state index in [9.17, 15) is 4.79 Å². The summed E-state index contributed by atoms with van der Waals surface area (Å²) in [7, 11) is 3.57. The number of benzene rings is 2. The second-order valence-electron chi connectivity index (χ2n) is 6.88. The van der Waals surface area contributed by atoms with Crippen molar-refractivity contribution in [3.8, 4) is 17.2 Å². The Balaban J connectivity index is 1.30. The Bertz CT molecular complexity index is 1010. The monoisotopic (exact) mass is 426 g/mol. The minimum absolute atomic E-state index is 0.0735. The minimum atomic E-state index is -0.285. The van der Waals surface area contributed by atoms with Crippen LogP contribution in [-0.4, -0.2) is 54.4 Å². The molecular formula is C21H22N4O4S. The molecule has 30 heavy (non-hydrogen) atoms. The van der Waals surface area contributed by atoms with Gasteiger partial charge in [-0.3, -0.25) is 9.69 Å². The first-order valence-corrected chi connectivity index (χ1v) is 10.3. The third kappa shape index (κ3) is 4.87. The van der Waals surface area contributed by atoms with Crippen LogP contribution in [0, 0.1) is 0 Å². The molecule has 2 heterocycles. The van der Waals surface area contributed by atoms with E-state index in [-0.39, 0.29) is 12.0 Å². The highest BCUT2D eigenvalue weighted by molar-refractivity contribution is 7.13. The summed E-state index contributed by atoms with van der Waals surface area (Å²) in [5.74, 6) is 1.97. The zero-order valence-corrected chi connectivity index (χ0v) is 17.5. The maximum absolute atomic E-state index is 12.4. The fourth-order valence-corrected chi connectivity index (χ4v) is 3.88. The van der Waals surface area contributed by atoms with Crippen molar-refractivity contribution in [1.29, 1.82) is 0 Å². The van der Waals surface area contributed by atoms with Crippen molar-refractivity contribution in [1.82, 2.24) is 15.1 Å². The molecule has 1 atom stereocenters. The molecule has 0 fully saturated rings. The largest absolute Gasteiger partial charge is 0.497 e. The van der Waals surface area contributed by atoms with Crippen LogP contribution in [0.4, 0.5) is 5.69 Å². The average Bonchev–Trinajstić information content (AvgIpc) is 3.22. The molecule has 3 aromatic rings. The number of carbonyl (C=O) groups is 1. The van der Waals surface area contributed by atoms with Crippen LogP contribution < -0.4 is 19.5 Å². The quantitative estimate of drug-likeness (QED) is 0.621. The van der Waals surface area contributed by atoms with Crippen LogP contribution in [0.25, 0.3) is 0 Å². The second kappa shape index (κ2) is 9.10. The van der Waals surface area contributed by atoms with Gasteiger partial charge in [-0.25, -0.2) is 0 Å². The zero-order valence-electron chi connectivity index (χ0n) is 16.7.